The summed E-state index contributed by atoms with van der Waals surface area (Å²) >= 11 is 0. The summed E-state index contributed by atoms with van der Waals surface area (Å²) in [5, 5.41) is 7.56. The zero-order chi connectivity index (χ0) is 25.1. The smallest absolute Gasteiger partial charge is 0.259 e. The average Bonchev–Trinajstić information content (AvgIpc) is 3.10. The second-order valence-electron chi connectivity index (χ2n) is 8.38. The summed E-state index contributed by atoms with van der Waals surface area (Å²) in [7, 11) is 3.01. The molecule has 11 heteroatoms. The van der Waals surface area contributed by atoms with Gasteiger partial charge in [-0.15, -0.1) is 0 Å². The highest BCUT2D eigenvalue weighted by Crippen LogP contribution is 2.25. The van der Waals surface area contributed by atoms with E-state index in [1.165, 1.54) is 28.7 Å². The van der Waals surface area contributed by atoms with Gasteiger partial charge in [-0.2, -0.15) is 0 Å². The first-order chi connectivity index (χ1) is 16.8. The summed E-state index contributed by atoms with van der Waals surface area (Å²) in [4.78, 5) is 42.3. The second kappa shape index (κ2) is 10.1. The van der Waals surface area contributed by atoms with Crippen LogP contribution >= 0.6 is 0 Å². The molecule has 0 saturated heterocycles. The van der Waals surface area contributed by atoms with Crippen molar-refractivity contribution in [2.24, 2.45) is 0 Å². The molecule has 1 aliphatic rings. The fourth-order valence-corrected chi connectivity index (χ4v) is 4.19. The van der Waals surface area contributed by atoms with E-state index in [0.717, 1.165) is 0 Å². The van der Waals surface area contributed by atoms with E-state index < -0.39 is 5.82 Å². The number of pyridine rings is 1. The van der Waals surface area contributed by atoms with E-state index in [1.54, 1.807) is 37.1 Å². The van der Waals surface area contributed by atoms with Crippen LogP contribution in [0.4, 0.5) is 4.39 Å². The third kappa shape index (κ3) is 4.93. The number of methoxy groups -OCH3 is 1. The summed E-state index contributed by atoms with van der Waals surface area (Å²) in [5.41, 5.74) is 1.83. The van der Waals surface area contributed by atoms with E-state index in [9.17, 15) is 18.8 Å². The Kier molecular flexibility index (Phi) is 6.94. The number of ether oxygens (including phenoxy) is 1. The summed E-state index contributed by atoms with van der Waals surface area (Å²) in [5.74, 6) is -0.881. The molecule has 0 saturated carbocycles. The number of nitrogens with zero attached hydrogens (tertiary/aromatic N) is 5. The number of halogens is 1. The Morgan fingerprint density at radius 2 is 1.97 bits per heavy atom. The quantitative estimate of drug-likeness (QED) is 0.524. The van der Waals surface area contributed by atoms with E-state index in [1.807, 2.05) is 0 Å². The molecular formula is C24H26FN5O5. The molecule has 0 N–H and O–H groups in total. The van der Waals surface area contributed by atoms with Crippen molar-refractivity contribution in [1.29, 1.82) is 0 Å². The van der Waals surface area contributed by atoms with Crippen molar-refractivity contribution >= 4 is 11.8 Å². The number of aromatic nitrogens is 3. The molecule has 0 radical (unpaired) electrons. The lowest BCUT2D eigenvalue weighted by Gasteiger charge is -2.21. The Balaban J connectivity index is 1.60. The molecule has 10 nitrogen and oxygen atoms in total. The zero-order valence-electron chi connectivity index (χ0n) is 19.8. The molecule has 0 spiro atoms. The molecule has 2 amide bonds. The topological polar surface area (TPSA) is 111 Å². The number of aryl methyl sites for hydroxylation is 1. The number of hydrogen-bond acceptors (Lipinski definition) is 7. The largest absolute Gasteiger partial charge is 0.496 e. The van der Waals surface area contributed by atoms with E-state index >= 15 is 0 Å². The first-order valence-electron chi connectivity index (χ1n) is 11.2. The van der Waals surface area contributed by atoms with E-state index in [4.69, 9.17) is 9.37 Å². The van der Waals surface area contributed by atoms with Crippen LogP contribution in [0.5, 0.6) is 5.75 Å². The minimum absolute atomic E-state index is 0.0825. The van der Waals surface area contributed by atoms with Gasteiger partial charge in [-0.1, -0.05) is 28.5 Å². The maximum atomic E-state index is 14.0. The second-order valence-corrected chi connectivity index (χ2v) is 8.38. The van der Waals surface area contributed by atoms with Crippen LogP contribution in [0.3, 0.4) is 0 Å². The molecule has 0 fully saturated rings. The number of carbonyl (C=O) groups is 2. The minimum atomic E-state index is -0.437. The molecule has 35 heavy (non-hydrogen) atoms. The van der Waals surface area contributed by atoms with Gasteiger partial charge in [-0.05, 0) is 18.6 Å². The van der Waals surface area contributed by atoms with Gasteiger partial charge in [0.05, 0.1) is 20.1 Å². The fourth-order valence-electron chi connectivity index (χ4n) is 4.19. The SMILES string of the molecule is COc1cc(=O)n2c(c1C(=O)N(C)Cc1nonc1C)CCN(C(=O)Cc1ccccc1F)CC2. The van der Waals surface area contributed by atoms with Crippen molar-refractivity contribution < 1.29 is 23.3 Å². The van der Waals surface area contributed by atoms with Gasteiger partial charge in [0, 0.05) is 44.9 Å². The monoisotopic (exact) mass is 483 g/mol. The van der Waals surface area contributed by atoms with E-state index in [0.29, 0.717) is 22.6 Å². The number of carbonyl (C=O) groups excluding carboxylic acids is 2. The van der Waals surface area contributed by atoms with Gasteiger partial charge in [0.1, 0.15) is 28.5 Å². The first kappa shape index (κ1) is 24.1. The average molecular weight is 484 g/mol. The van der Waals surface area contributed by atoms with Crippen LogP contribution in [0.2, 0.25) is 0 Å². The van der Waals surface area contributed by atoms with Crippen molar-refractivity contribution in [1.82, 2.24) is 24.7 Å². The number of rotatable bonds is 6. The predicted octanol–water partition coefficient (Wildman–Crippen LogP) is 1.59. The fraction of sp³-hybridized carbons (Fsp3) is 0.375. The van der Waals surface area contributed by atoms with Crippen molar-refractivity contribution in [3.8, 4) is 5.75 Å². The standard InChI is InChI=1S/C24H26FN5O5/c1-15-18(27-35-26-15)14-28(2)24(33)23-19-8-9-29(10-11-30(19)22(32)13-20(23)34-3)21(31)12-16-6-4-5-7-17(16)25/h4-7,13H,8-12,14H2,1-3H3. The summed E-state index contributed by atoms with van der Waals surface area (Å²) in [6.45, 7) is 2.63. The lowest BCUT2D eigenvalue weighted by atomic mass is 10.1. The van der Waals surface area contributed by atoms with Crippen LogP contribution in [0, 0.1) is 12.7 Å². The molecule has 0 bridgehead atoms. The van der Waals surface area contributed by atoms with Crippen LogP contribution in [0.15, 0.2) is 39.8 Å². The lowest BCUT2D eigenvalue weighted by Crippen LogP contribution is -2.35. The highest BCUT2D eigenvalue weighted by Gasteiger charge is 2.29. The third-order valence-corrected chi connectivity index (χ3v) is 6.16. The van der Waals surface area contributed by atoms with Gasteiger partial charge in [-0.3, -0.25) is 14.4 Å². The Bertz CT molecular complexity index is 1320. The third-order valence-electron chi connectivity index (χ3n) is 6.16. The van der Waals surface area contributed by atoms with Crippen molar-refractivity contribution in [2.45, 2.75) is 32.9 Å². The Labute approximate surface area is 200 Å². The summed E-state index contributed by atoms with van der Waals surface area (Å²) < 4.78 is 25.7. The van der Waals surface area contributed by atoms with Crippen LogP contribution < -0.4 is 10.3 Å². The highest BCUT2D eigenvalue weighted by molar-refractivity contribution is 5.98. The molecular weight excluding hydrogens is 457 g/mol. The zero-order valence-corrected chi connectivity index (χ0v) is 19.8. The molecule has 3 aromatic rings. The number of amides is 2. The normalized spacial score (nSPS) is 13.2. The van der Waals surface area contributed by atoms with Crippen molar-refractivity contribution in [2.75, 3.05) is 27.2 Å². The predicted molar refractivity (Wildman–Crippen MR) is 122 cm³/mol. The van der Waals surface area contributed by atoms with Crippen LogP contribution in [-0.2, 0) is 30.7 Å². The van der Waals surface area contributed by atoms with Gasteiger partial charge in [-0.25, -0.2) is 9.02 Å². The molecule has 4 rings (SSSR count). The molecule has 0 atom stereocenters. The van der Waals surface area contributed by atoms with Gasteiger partial charge >= 0.3 is 0 Å². The first-order valence-corrected chi connectivity index (χ1v) is 11.2. The summed E-state index contributed by atoms with van der Waals surface area (Å²) in [6.07, 6.45) is 0.176. The van der Waals surface area contributed by atoms with E-state index in [-0.39, 0.29) is 67.7 Å². The Hall–Kier alpha value is -4.02. The molecule has 0 aliphatic carbocycles. The molecule has 1 aliphatic heterocycles. The molecule has 1 aromatic carbocycles. The molecule has 2 aromatic heterocycles. The van der Waals surface area contributed by atoms with Crippen LogP contribution in [0.25, 0.3) is 0 Å². The van der Waals surface area contributed by atoms with Crippen molar-refractivity contribution in [3.05, 3.63) is 74.7 Å². The Morgan fingerprint density at radius 1 is 1.20 bits per heavy atom. The molecule has 0 unspecified atom stereocenters. The van der Waals surface area contributed by atoms with Gasteiger partial charge in [0.25, 0.3) is 11.5 Å². The molecule has 184 valence electrons. The van der Waals surface area contributed by atoms with Gasteiger partial charge in [0.2, 0.25) is 5.91 Å². The minimum Gasteiger partial charge on any atom is -0.496 e. The summed E-state index contributed by atoms with van der Waals surface area (Å²) in [6, 6.07) is 7.43. The van der Waals surface area contributed by atoms with Crippen molar-refractivity contribution in [3.63, 3.8) is 0 Å². The lowest BCUT2D eigenvalue weighted by molar-refractivity contribution is -0.130. The number of benzene rings is 1. The maximum absolute atomic E-state index is 14.0. The maximum Gasteiger partial charge on any atom is 0.259 e. The highest BCUT2D eigenvalue weighted by atomic mass is 19.1. The van der Waals surface area contributed by atoms with Crippen LogP contribution in [-0.4, -0.2) is 63.7 Å². The van der Waals surface area contributed by atoms with Gasteiger partial charge in [0.15, 0.2) is 0 Å². The number of hydrogen-bond donors (Lipinski definition) is 0. The van der Waals surface area contributed by atoms with E-state index in [2.05, 4.69) is 10.3 Å². The van der Waals surface area contributed by atoms with Crippen LogP contribution in [0.1, 0.15) is 33.0 Å². The number of fused-ring (bicyclic) bond motifs is 1. The van der Waals surface area contributed by atoms with Gasteiger partial charge < -0.3 is 19.1 Å². The molecule has 3 heterocycles. The Morgan fingerprint density at radius 3 is 2.66 bits per heavy atom.